The van der Waals surface area contributed by atoms with Crippen molar-refractivity contribution in [3.05, 3.63) is 65.8 Å². The van der Waals surface area contributed by atoms with E-state index in [-0.39, 0.29) is 5.82 Å². The van der Waals surface area contributed by atoms with Gasteiger partial charge in [0.2, 0.25) is 5.89 Å². The third-order valence-electron chi connectivity index (χ3n) is 4.66. The van der Waals surface area contributed by atoms with Crippen molar-refractivity contribution < 1.29 is 8.81 Å². The molecule has 2 aromatic heterocycles. The Hall–Kier alpha value is -3.35. The molecule has 0 spiro atoms. The number of nitrogens with zero attached hydrogens (tertiary/aromatic N) is 4. The molecule has 2 heterocycles. The van der Waals surface area contributed by atoms with Crippen LogP contribution in [0.1, 0.15) is 30.2 Å². The molecule has 0 saturated heterocycles. The Morgan fingerprint density at radius 1 is 0.926 bits per heavy atom. The van der Waals surface area contributed by atoms with E-state index in [1.807, 2.05) is 24.3 Å². The highest BCUT2D eigenvalue weighted by Crippen LogP contribution is 2.40. The van der Waals surface area contributed by atoms with Crippen molar-refractivity contribution in [1.82, 2.24) is 20.4 Å². The number of hydrogen-bond donors (Lipinski definition) is 1. The van der Waals surface area contributed by atoms with Crippen LogP contribution in [0.15, 0.2) is 52.9 Å². The zero-order valence-corrected chi connectivity index (χ0v) is 14.4. The number of fused-ring (bicyclic) bond motifs is 1. The summed E-state index contributed by atoms with van der Waals surface area (Å²) in [5, 5.41) is 21.8. The molecule has 5 rings (SSSR count). The Labute approximate surface area is 154 Å². The minimum absolute atomic E-state index is 0.252. The smallest absolute Gasteiger partial charge is 0.268 e. The van der Waals surface area contributed by atoms with Crippen molar-refractivity contribution in [3.8, 4) is 11.6 Å². The fourth-order valence-corrected chi connectivity index (χ4v) is 3.04. The van der Waals surface area contributed by atoms with Gasteiger partial charge in [-0.1, -0.05) is 42.5 Å². The average molecular weight is 361 g/mol. The van der Waals surface area contributed by atoms with E-state index in [1.165, 1.54) is 6.07 Å². The normalized spacial score (nSPS) is 13.8. The summed E-state index contributed by atoms with van der Waals surface area (Å²) in [7, 11) is 0. The second kappa shape index (κ2) is 6.42. The Bertz CT molecular complexity index is 1120. The highest BCUT2D eigenvalue weighted by Gasteiger charge is 2.30. The van der Waals surface area contributed by atoms with E-state index in [4.69, 9.17) is 4.42 Å². The van der Waals surface area contributed by atoms with Crippen molar-refractivity contribution in [2.75, 3.05) is 5.32 Å². The van der Waals surface area contributed by atoms with Crippen LogP contribution in [-0.4, -0.2) is 20.4 Å². The second-order valence-corrected chi connectivity index (χ2v) is 6.61. The van der Waals surface area contributed by atoms with E-state index in [0.29, 0.717) is 41.3 Å². The monoisotopic (exact) mass is 361 g/mol. The quantitative estimate of drug-likeness (QED) is 0.571. The Kier molecular flexibility index (Phi) is 3.78. The Morgan fingerprint density at radius 3 is 2.52 bits per heavy atom. The van der Waals surface area contributed by atoms with Gasteiger partial charge in [0.15, 0.2) is 11.5 Å². The lowest BCUT2D eigenvalue weighted by molar-refractivity contribution is 0.507. The van der Waals surface area contributed by atoms with Gasteiger partial charge in [0, 0.05) is 28.8 Å². The molecule has 1 aliphatic rings. The van der Waals surface area contributed by atoms with Gasteiger partial charge in [0.25, 0.3) is 5.89 Å². The summed E-state index contributed by atoms with van der Waals surface area (Å²) in [4.78, 5) is 0. The number of halogens is 1. The molecular formula is C20H16FN5O. The topological polar surface area (TPSA) is 76.7 Å². The van der Waals surface area contributed by atoms with Crippen molar-refractivity contribution >= 4 is 16.6 Å². The van der Waals surface area contributed by atoms with Crippen LogP contribution in [0.5, 0.6) is 0 Å². The fraction of sp³-hybridized carbons (Fsp3) is 0.200. The number of rotatable bonds is 5. The molecule has 134 valence electrons. The van der Waals surface area contributed by atoms with Crippen LogP contribution < -0.4 is 5.32 Å². The summed E-state index contributed by atoms with van der Waals surface area (Å²) in [6, 6.07) is 14.4. The molecule has 1 saturated carbocycles. The number of benzene rings is 2. The molecule has 0 unspecified atom stereocenters. The molecule has 27 heavy (non-hydrogen) atoms. The van der Waals surface area contributed by atoms with E-state index in [9.17, 15) is 4.39 Å². The summed E-state index contributed by atoms with van der Waals surface area (Å²) in [5.74, 6) is 1.75. The van der Waals surface area contributed by atoms with Gasteiger partial charge < -0.3 is 9.73 Å². The summed E-state index contributed by atoms with van der Waals surface area (Å²) >= 11 is 0. The lowest BCUT2D eigenvalue weighted by Gasteiger charge is -2.10. The largest absolute Gasteiger partial charge is 0.419 e. The zero-order chi connectivity index (χ0) is 18.2. The molecule has 1 fully saturated rings. The number of hydrogen-bond acceptors (Lipinski definition) is 6. The average Bonchev–Trinajstić information content (AvgIpc) is 3.44. The first kappa shape index (κ1) is 15.9. The van der Waals surface area contributed by atoms with Gasteiger partial charge in [-0.25, -0.2) is 4.39 Å². The predicted octanol–water partition coefficient (Wildman–Crippen LogP) is 4.31. The highest BCUT2D eigenvalue weighted by atomic mass is 19.1. The first-order chi connectivity index (χ1) is 13.3. The molecule has 7 heteroatoms. The molecular weight excluding hydrogens is 345 g/mol. The minimum atomic E-state index is -0.252. The van der Waals surface area contributed by atoms with Gasteiger partial charge >= 0.3 is 0 Å². The molecule has 2 aromatic carbocycles. The lowest BCUT2D eigenvalue weighted by atomic mass is 10.1. The van der Waals surface area contributed by atoms with Crippen molar-refractivity contribution in [2.45, 2.75) is 25.3 Å². The third kappa shape index (κ3) is 3.01. The van der Waals surface area contributed by atoms with E-state index < -0.39 is 0 Å². The van der Waals surface area contributed by atoms with E-state index in [2.05, 4.69) is 25.7 Å². The SMILES string of the molecule is Fc1ccccc1CNc1nnc(-c2nnc(C3CC3)o2)c2ccccc12. The third-order valence-corrected chi connectivity index (χ3v) is 4.66. The molecule has 4 aromatic rings. The Balaban J connectivity index is 1.50. The number of aromatic nitrogens is 4. The van der Waals surface area contributed by atoms with Gasteiger partial charge in [-0.05, 0) is 18.9 Å². The fourth-order valence-electron chi connectivity index (χ4n) is 3.04. The van der Waals surface area contributed by atoms with Gasteiger partial charge in [-0.2, -0.15) is 0 Å². The lowest BCUT2D eigenvalue weighted by Crippen LogP contribution is -2.05. The molecule has 0 atom stereocenters. The summed E-state index contributed by atoms with van der Waals surface area (Å²) in [5.41, 5.74) is 1.12. The first-order valence-electron chi connectivity index (χ1n) is 8.86. The van der Waals surface area contributed by atoms with Crippen LogP contribution >= 0.6 is 0 Å². The second-order valence-electron chi connectivity index (χ2n) is 6.61. The number of nitrogens with one attached hydrogen (secondary N) is 1. The Morgan fingerprint density at radius 2 is 1.70 bits per heavy atom. The van der Waals surface area contributed by atoms with Gasteiger partial charge in [-0.15, -0.1) is 20.4 Å². The van der Waals surface area contributed by atoms with Crippen molar-refractivity contribution in [2.24, 2.45) is 0 Å². The maximum atomic E-state index is 13.9. The molecule has 0 amide bonds. The van der Waals surface area contributed by atoms with E-state index >= 15 is 0 Å². The van der Waals surface area contributed by atoms with Gasteiger partial charge in [-0.3, -0.25) is 0 Å². The first-order valence-corrected chi connectivity index (χ1v) is 8.86. The zero-order valence-electron chi connectivity index (χ0n) is 14.4. The van der Waals surface area contributed by atoms with Crippen LogP contribution in [0.2, 0.25) is 0 Å². The summed E-state index contributed by atoms with van der Waals surface area (Å²) in [6.45, 7) is 0.317. The van der Waals surface area contributed by atoms with E-state index in [1.54, 1.807) is 18.2 Å². The molecule has 1 aliphatic carbocycles. The molecule has 6 nitrogen and oxygen atoms in total. The van der Waals surface area contributed by atoms with Crippen LogP contribution in [0.4, 0.5) is 10.2 Å². The molecule has 0 radical (unpaired) electrons. The van der Waals surface area contributed by atoms with Crippen molar-refractivity contribution in [1.29, 1.82) is 0 Å². The van der Waals surface area contributed by atoms with Crippen LogP contribution in [-0.2, 0) is 6.54 Å². The predicted molar refractivity (Wildman–Crippen MR) is 98.5 cm³/mol. The van der Waals surface area contributed by atoms with Crippen LogP contribution in [0.25, 0.3) is 22.4 Å². The maximum absolute atomic E-state index is 13.9. The number of anilines is 1. The highest BCUT2D eigenvalue weighted by molar-refractivity contribution is 5.98. The van der Waals surface area contributed by atoms with Crippen LogP contribution in [0, 0.1) is 5.82 Å². The molecule has 1 N–H and O–H groups in total. The van der Waals surface area contributed by atoms with Gasteiger partial charge in [0.1, 0.15) is 5.82 Å². The maximum Gasteiger partial charge on any atom is 0.268 e. The van der Waals surface area contributed by atoms with Gasteiger partial charge in [0.05, 0.1) is 0 Å². The van der Waals surface area contributed by atoms with Crippen molar-refractivity contribution in [3.63, 3.8) is 0 Å². The summed E-state index contributed by atoms with van der Waals surface area (Å²) in [6.07, 6.45) is 2.18. The molecule has 0 aliphatic heterocycles. The summed E-state index contributed by atoms with van der Waals surface area (Å²) < 4.78 is 19.7. The minimum Gasteiger partial charge on any atom is -0.419 e. The van der Waals surface area contributed by atoms with E-state index in [0.717, 1.165) is 23.6 Å². The molecule has 0 bridgehead atoms. The standard InChI is InChI=1S/C20H16FN5O/c21-16-8-4-1-5-13(16)11-22-18-15-7-3-2-6-14(15)17(23-24-18)20-26-25-19(27-20)12-9-10-12/h1-8,12H,9-11H2,(H,22,24). The van der Waals surface area contributed by atoms with Crippen LogP contribution in [0.3, 0.4) is 0 Å².